The molecule has 5 heteroatoms. The maximum absolute atomic E-state index is 12.7. The van der Waals surface area contributed by atoms with E-state index in [1.807, 2.05) is 6.92 Å². The third kappa shape index (κ3) is 5.62. The van der Waals surface area contributed by atoms with Crippen molar-refractivity contribution >= 4 is 5.91 Å². The van der Waals surface area contributed by atoms with Gasteiger partial charge in [-0.05, 0) is 55.0 Å². The molecule has 4 nitrogen and oxygen atoms in total. The minimum atomic E-state index is -0.308. The van der Waals surface area contributed by atoms with E-state index in [4.69, 9.17) is 9.47 Å². The van der Waals surface area contributed by atoms with Crippen LogP contribution in [0.5, 0.6) is 11.5 Å². The molecule has 0 atom stereocenters. The largest absolute Gasteiger partial charge is 0.494 e. The summed E-state index contributed by atoms with van der Waals surface area (Å²) in [6, 6.07) is 12.8. The van der Waals surface area contributed by atoms with E-state index in [9.17, 15) is 9.18 Å². The van der Waals surface area contributed by atoms with E-state index in [-0.39, 0.29) is 11.7 Å². The van der Waals surface area contributed by atoms with Gasteiger partial charge in [-0.15, -0.1) is 0 Å². The van der Waals surface area contributed by atoms with Crippen molar-refractivity contribution in [2.24, 2.45) is 0 Å². The SMILES string of the molecule is CCCOc1ccc(C(=O)NCCOc2ccc(F)cc2)cc1. The Morgan fingerprint density at radius 1 is 0.957 bits per heavy atom. The van der Waals surface area contributed by atoms with E-state index in [0.717, 1.165) is 12.2 Å². The number of rotatable bonds is 8. The summed E-state index contributed by atoms with van der Waals surface area (Å²) in [7, 11) is 0. The number of benzene rings is 2. The van der Waals surface area contributed by atoms with Crippen LogP contribution in [0.25, 0.3) is 0 Å². The minimum absolute atomic E-state index is 0.172. The van der Waals surface area contributed by atoms with Gasteiger partial charge in [0.1, 0.15) is 23.9 Å². The smallest absolute Gasteiger partial charge is 0.251 e. The molecule has 0 saturated carbocycles. The maximum atomic E-state index is 12.7. The molecule has 1 amide bonds. The second-order valence-electron chi connectivity index (χ2n) is 4.93. The Hall–Kier alpha value is -2.56. The number of carbonyl (C=O) groups is 1. The predicted molar refractivity (Wildman–Crippen MR) is 86.5 cm³/mol. The van der Waals surface area contributed by atoms with Crippen molar-refractivity contribution in [2.75, 3.05) is 19.8 Å². The highest BCUT2D eigenvalue weighted by Crippen LogP contribution is 2.13. The van der Waals surface area contributed by atoms with Gasteiger partial charge in [-0.2, -0.15) is 0 Å². The zero-order valence-electron chi connectivity index (χ0n) is 13.0. The Morgan fingerprint density at radius 3 is 2.13 bits per heavy atom. The molecule has 0 spiro atoms. The lowest BCUT2D eigenvalue weighted by molar-refractivity contribution is 0.0947. The monoisotopic (exact) mass is 317 g/mol. The maximum Gasteiger partial charge on any atom is 0.251 e. The summed E-state index contributed by atoms with van der Waals surface area (Å²) in [4.78, 5) is 12.0. The number of hydrogen-bond acceptors (Lipinski definition) is 3. The lowest BCUT2D eigenvalue weighted by Crippen LogP contribution is -2.28. The quantitative estimate of drug-likeness (QED) is 0.759. The van der Waals surface area contributed by atoms with Crippen LogP contribution < -0.4 is 14.8 Å². The second kappa shape index (κ2) is 8.78. The van der Waals surface area contributed by atoms with Crippen LogP contribution in [-0.4, -0.2) is 25.7 Å². The first kappa shape index (κ1) is 16.8. The van der Waals surface area contributed by atoms with E-state index < -0.39 is 0 Å². The molecule has 2 aromatic carbocycles. The number of ether oxygens (including phenoxy) is 2. The van der Waals surface area contributed by atoms with Crippen LogP contribution in [0.2, 0.25) is 0 Å². The average molecular weight is 317 g/mol. The summed E-state index contributed by atoms with van der Waals surface area (Å²) in [5.74, 6) is 0.841. The fraction of sp³-hybridized carbons (Fsp3) is 0.278. The number of halogens is 1. The number of carbonyl (C=O) groups excluding carboxylic acids is 1. The van der Waals surface area contributed by atoms with Crippen LogP contribution in [0.1, 0.15) is 23.7 Å². The van der Waals surface area contributed by atoms with Crippen molar-refractivity contribution in [1.82, 2.24) is 5.32 Å². The Bertz CT molecular complexity index is 611. The molecule has 0 aliphatic heterocycles. The van der Waals surface area contributed by atoms with Gasteiger partial charge in [0.25, 0.3) is 5.91 Å². The molecule has 122 valence electrons. The molecule has 2 aromatic rings. The molecule has 0 radical (unpaired) electrons. The highest BCUT2D eigenvalue weighted by molar-refractivity contribution is 5.94. The molecule has 0 fully saturated rings. The highest BCUT2D eigenvalue weighted by Gasteiger charge is 2.05. The number of amides is 1. The molecule has 2 rings (SSSR count). The second-order valence-corrected chi connectivity index (χ2v) is 4.93. The van der Waals surface area contributed by atoms with Crippen molar-refractivity contribution in [2.45, 2.75) is 13.3 Å². The summed E-state index contributed by atoms with van der Waals surface area (Å²) < 4.78 is 23.6. The lowest BCUT2D eigenvalue weighted by Gasteiger charge is -2.08. The summed E-state index contributed by atoms with van der Waals surface area (Å²) in [5.41, 5.74) is 0.565. The van der Waals surface area contributed by atoms with Gasteiger partial charge in [-0.3, -0.25) is 4.79 Å². The van der Waals surface area contributed by atoms with Crippen molar-refractivity contribution in [3.8, 4) is 11.5 Å². The first-order valence-electron chi connectivity index (χ1n) is 7.58. The molecule has 23 heavy (non-hydrogen) atoms. The first-order chi connectivity index (χ1) is 11.2. The third-order valence-electron chi connectivity index (χ3n) is 3.06. The highest BCUT2D eigenvalue weighted by atomic mass is 19.1. The van der Waals surface area contributed by atoms with Gasteiger partial charge in [-0.25, -0.2) is 4.39 Å². The van der Waals surface area contributed by atoms with Crippen LogP contribution >= 0.6 is 0 Å². The zero-order valence-corrected chi connectivity index (χ0v) is 13.0. The summed E-state index contributed by atoms with van der Waals surface area (Å²) >= 11 is 0. The Morgan fingerprint density at radius 2 is 1.52 bits per heavy atom. The molecular formula is C18H20FNO3. The van der Waals surface area contributed by atoms with E-state index >= 15 is 0 Å². The van der Waals surface area contributed by atoms with Gasteiger partial charge in [0, 0.05) is 5.56 Å². The molecule has 0 heterocycles. The molecular weight excluding hydrogens is 297 g/mol. The number of nitrogens with one attached hydrogen (secondary N) is 1. The molecule has 0 aromatic heterocycles. The fourth-order valence-corrected chi connectivity index (χ4v) is 1.89. The third-order valence-corrected chi connectivity index (χ3v) is 3.06. The summed E-state index contributed by atoms with van der Waals surface area (Å²) in [6.45, 7) is 3.38. The van der Waals surface area contributed by atoms with Gasteiger partial charge in [0.2, 0.25) is 0 Å². The normalized spacial score (nSPS) is 10.2. The van der Waals surface area contributed by atoms with E-state index in [0.29, 0.717) is 31.1 Å². The molecule has 0 aliphatic rings. The minimum Gasteiger partial charge on any atom is -0.494 e. The van der Waals surface area contributed by atoms with Crippen molar-refractivity contribution < 1.29 is 18.7 Å². The lowest BCUT2D eigenvalue weighted by atomic mass is 10.2. The molecule has 0 unspecified atom stereocenters. The van der Waals surface area contributed by atoms with Crippen LogP contribution in [0, 0.1) is 5.82 Å². The Kier molecular flexibility index (Phi) is 6.41. The van der Waals surface area contributed by atoms with Gasteiger partial charge in [-0.1, -0.05) is 6.92 Å². The van der Waals surface area contributed by atoms with Crippen LogP contribution in [0.3, 0.4) is 0 Å². The van der Waals surface area contributed by atoms with Crippen molar-refractivity contribution in [1.29, 1.82) is 0 Å². The van der Waals surface area contributed by atoms with Gasteiger partial charge < -0.3 is 14.8 Å². The predicted octanol–water partition coefficient (Wildman–Crippen LogP) is 3.42. The number of hydrogen-bond donors (Lipinski definition) is 1. The van der Waals surface area contributed by atoms with Gasteiger partial charge in [0.05, 0.1) is 13.2 Å². The van der Waals surface area contributed by atoms with Crippen molar-refractivity contribution in [3.63, 3.8) is 0 Å². The van der Waals surface area contributed by atoms with Crippen molar-refractivity contribution in [3.05, 3.63) is 59.9 Å². The van der Waals surface area contributed by atoms with E-state index in [1.54, 1.807) is 36.4 Å². The molecule has 1 N–H and O–H groups in total. The van der Waals surface area contributed by atoms with E-state index in [1.165, 1.54) is 12.1 Å². The Balaban J connectivity index is 1.72. The van der Waals surface area contributed by atoms with E-state index in [2.05, 4.69) is 5.32 Å². The van der Waals surface area contributed by atoms with Crippen LogP contribution in [0.4, 0.5) is 4.39 Å². The zero-order chi connectivity index (χ0) is 16.5. The molecule has 0 bridgehead atoms. The van der Waals surface area contributed by atoms with Gasteiger partial charge in [0.15, 0.2) is 0 Å². The fourth-order valence-electron chi connectivity index (χ4n) is 1.89. The average Bonchev–Trinajstić information content (AvgIpc) is 2.58. The van der Waals surface area contributed by atoms with Crippen LogP contribution in [0.15, 0.2) is 48.5 Å². The summed E-state index contributed by atoms with van der Waals surface area (Å²) in [6.07, 6.45) is 0.941. The Labute approximate surface area is 135 Å². The summed E-state index contributed by atoms with van der Waals surface area (Å²) in [5, 5.41) is 2.76. The standard InChI is InChI=1S/C18H20FNO3/c1-2-12-22-16-7-3-14(4-8-16)18(21)20-11-13-23-17-9-5-15(19)6-10-17/h3-10H,2,11-13H2,1H3,(H,20,21). The van der Waals surface area contributed by atoms with Gasteiger partial charge >= 0.3 is 0 Å². The first-order valence-corrected chi connectivity index (χ1v) is 7.58. The topological polar surface area (TPSA) is 47.6 Å². The molecule has 0 saturated heterocycles. The van der Waals surface area contributed by atoms with Crippen LogP contribution in [-0.2, 0) is 0 Å². The molecule has 0 aliphatic carbocycles.